The number of aliphatic hydroxyl groups is 1. The summed E-state index contributed by atoms with van der Waals surface area (Å²) in [5, 5.41) is 13.7. The van der Waals surface area contributed by atoms with Crippen molar-refractivity contribution in [2.75, 3.05) is 19.6 Å². The molecule has 0 radical (unpaired) electrons. The predicted molar refractivity (Wildman–Crippen MR) is 71.1 cm³/mol. The first-order chi connectivity index (χ1) is 8.15. The Balaban J connectivity index is 1.74. The summed E-state index contributed by atoms with van der Waals surface area (Å²) >= 11 is 0. The van der Waals surface area contributed by atoms with Crippen LogP contribution < -0.4 is 5.32 Å². The van der Waals surface area contributed by atoms with Gasteiger partial charge in [0.25, 0.3) is 0 Å². The number of rotatable bonds is 4. The fourth-order valence-corrected chi connectivity index (χ4v) is 3.33. The zero-order valence-corrected chi connectivity index (χ0v) is 11.4. The molecule has 3 heteroatoms. The van der Waals surface area contributed by atoms with Gasteiger partial charge in [0.05, 0.1) is 6.10 Å². The molecule has 0 aromatic rings. The molecule has 2 N–H and O–H groups in total. The average molecular weight is 240 g/mol. The van der Waals surface area contributed by atoms with E-state index in [1.807, 2.05) is 0 Å². The van der Waals surface area contributed by atoms with Crippen LogP contribution in [-0.2, 0) is 0 Å². The van der Waals surface area contributed by atoms with Gasteiger partial charge in [-0.05, 0) is 26.2 Å². The lowest BCUT2D eigenvalue weighted by molar-refractivity contribution is 0.0551. The van der Waals surface area contributed by atoms with Crippen molar-refractivity contribution in [3.05, 3.63) is 0 Å². The van der Waals surface area contributed by atoms with Crippen LogP contribution in [0.5, 0.6) is 0 Å². The molecule has 3 nitrogen and oxygen atoms in total. The largest absolute Gasteiger partial charge is 0.392 e. The molecule has 1 saturated carbocycles. The van der Waals surface area contributed by atoms with Gasteiger partial charge in [0.2, 0.25) is 0 Å². The third-order valence-electron chi connectivity index (χ3n) is 4.42. The molecule has 0 bridgehead atoms. The number of piperazine rings is 1. The minimum absolute atomic E-state index is 0.120. The van der Waals surface area contributed by atoms with E-state index < -0.39 is 0 Å². The first kappa shape index (κ1) is 13.3. The van der Waals surface area contributed by atoms with Gasteiger partial charge in [0, 0.05) is 31.7 Å². The molecule has 1 heterocycles. The standard InChI is InChI=1S/C14H28N2O/c1-11-9-16(12(2)8-15-11)10-14(17)7-13-5-3-4-6-13/h11-15,17H,3-10H2,1-2H3. The van der Waals surface area contributed by atoms with E-state index in [0.717, 1.165) is 32.0 Å². The molecule has 3 unspecified atom stereocenters. The normalized spacial score (nSPS) is 34.1. The van der Waals surface area contributed by atoms with Crippen molar-refractivity contribution in [3.63, 3.8) is 0 Å². The van der Waals surface area contributed by atoms with Gasteiger partial charge < -0.3 is 10.4 Å². The molecular weight excluding hydrogens is 212 g/mol. The minimum Gasteiger partial charge on any atom is -0.392 e. The number of aliphatic hydroxyl groups excluding tert-OH is 1. The van der Waals surface area contributed by atoms with E-state index in [4.69, 9.17) is 0 Å². The van der Waals surface area contributed by atoms with Gasteiger partial charge in [0.1, 0.15) is 0 Å². The molecule has 0 amide bonds. The van der Waals surface area contributed by atoms with Crippen LogP contribution >= 0.6 is 0 Å². The van der Waals surface area contributed by atoms with Crippen molar-refractivity contribution >= 4 is 0 Å². The Morgan fingerprint density at radius 1 is 1.29 bits per heavy atom. The van der Waals surface area contributed by atoms with Crippen LogP contribution in [0.3, 0.4) is 0 Å². The van der Waals surface area contributed by atoms with E-state index >= 15 is 0 Å². The van der Waals surface area contributed by atoms with Crippen LogP contribution in [0.15, 0.2) is 0 Å². The summed E-state index contributed by atoms with van der Waals surface area (Å²) in [6.45, 7) is 7.47. The van der Waals surface area contributed by atoms with Gasteiger partial charge in [0.15, 0.2) is 0 Å². The Hall–Kier alpha value is -0.120. The molecule has 1 aliphatic heterocycles. The topological polar surface area (TPSA) is 35.5 Å². The van der Waals surface area contributed by atoms with E-state index in [9.17, 15) is 5.11 Å². The molecule has 0 aromatic carbocycles. The molecule has 1 saturated heterocycles. The number of β-amino-alcohol motifs (C(OH)–C–C–N with tert-alkyl or cyclic N) is 1. The van der Waals surface area contributed by atoms with Gasteiger partial charge in [-0.15, -0.1) is 0 Å². The highest BCUT2D eigenvalue weighted by molar-refractivity contribution is 4.83. The minimum atomic E-state index is -0.120. The van der Waals surface area contributed by atoms with Crippen LogP contribution in [0.4, 0.5) is 0 Å². The van der Waals surface area contributed by atoms with Crippen LogP contribution in [0.2, 0.25) is 0 Å². The smallest absolute Gasteiger partial charge is 0.0669 e. The van der Waals surface area contributed by atoms with Gasteiger partial charge in [-0.3, -0.25) is 4.90 Å². The van der Waals surface area contributed by atoms with Crippen molar-refractivity contribution in [2.24, 2.45) is 5.92 Å². The second-order valence-electron chi connectivity index (χ2n) is 6.15. The van der Waals surface area contributed by atoms with E-state index in [0.29, 0.717) is 12.1 Å². The second kappa shape index (κ2) is 6.17. The molecule has 1 aliphatic carbocycles. The summed E-state index contributed by atoms with van der Waals surface area (Å²) in [7, 11) is 0. The fourth-order valence-electron chi connectivity index (χ4n) is 3.33. The van der Waals surface area contributed by atoms with Crippen LogP contribution in [0.25, 0.3) is 0 Å². The van der Waals surface area contributed by atoms with Crippen molar-refractivity contribution in [1.29, 1.82) is 0 Å². The first-order valence-corrected chi connectivity index (χ1v) is 7.30. The van der Waals surface area contributed by atoms with Crippen LogP contribution in [0.1, 0.15) is 46.0 Å². The first-order valence-electron chi connectivity index (χ1n) is 7.30. The summed E-state index contributed by atoms with van der Waals surface area (Å²) < 4.78 is 0. The lowest BCUT2D eigenvalue weighted by Gasteiger charge is -2.38. The molecule has 0 aromatic heterocycles. The molecule has 2 rings (SSSR count). The maximum absolute atomic E-state index is 10.2. The Labute approximate surface area is 106 Å². The monoisotopic (exact) mass is 240 g/mol. The van der Waals surface area contributed by atoms with E-state index in [2.05, 4.69) is 24.1 Å². The Morgan fingerprint density at radius 2 is 2.00 bits per heavy atom. The maximum Gasteiger partial charge on any atom is 0.0669 e. The summed E-state index contributed by atoms with van der Waals surface area (Å²) in [5.74, 6) is 0.792. The third-order valence-corrected chi connectivity index (χ3v) is 4.42. The number of hydrogen-bond donors (Lipinski definition) is 2. The Kier molecular flexibility index (Phi) is 4.83. The van der Waals surface area contributed by atoms with Crippen molar-refractivity contribution < 1.29 is 5.11 Å². The second-order valence-corrected chi connectivity index (χ2v) is 6.15. The van der Waals surface area contributed by atoms with E-state index in [1.165, 1.54) is 25.7 Å². The zero-order valence-electron chi connectivity index (χ0n) is 11.4. The highest BCUT2D eigenvalue weighted by Gasteiger charge is 2.26. The van der Waals surface area contributed by atoms with Gasteiger partial charge in [-0.25, -0.2) is 0 Å². The number of nitrogens with one attached hydrogen (secondary N) is 1. The van der Waals surface area contributed by atoms with Crippen molar-refractivity contribution in [2.45, 2.75) is 64.1 Å². The van der Waals surface area contributed by atoms with Crippen LogP contribution in [0, 0.1) is 5.92 Å². The molecule has 17 heavy (non-hydrogen) atoms. The number of nitrogens with zero attached hydrogens (tertiary/aromatic N) is 1. The molecule has 2 aliphatic rings. The Bertz CT molecular complexity index is 228. The zero-order chi connectivity index (χ0) is 12.3. The van der Waals surface area contributed by atoms with Gasteiger partial charge in [-0.1, -0.05) is 25.7 Å². The molecule has 0 spiro atoms. The highest BCUT2D eigenvalue weighted by Crippen LogP contribution is 2.28. The fraction of sp³-hybridized carbons (Fsp3) is 1.00. The summed E-state index contributed by atoms with van der Waals surface area (Å²) in [4.78, 5) is 2.45. The van der Waals surface area contributed by atoms with Crippen molar-refractivity contribution in [1.82, 2.24) is 10.2 Å². The average Bonchev–Trinajstić information content (AvgIpc) is 2.76. The molecular formula is C14H28N2O. The quantitative estimate of drug-likeness (QED) is 0.783. The number of hydrogen-bond acceptors (Lipinski definition) is 3. The van der Waals surface area contributed by atoms with Gasteiger partial charge >= 0.3 is 0 Å². The summed E-state index contributed by atoms with van der Waals surface area (Å²) in [5.41, 5.74) is 0. The predicted octanol–water partition coefficient (Wildman–Crippen LogP) is 1.61. The third kappa shape index (κ3) is 3.94. The van der Waals surface area contributed by atoms with E-state index in [1.54, 1.807) is 0 Å². The van der Waals surface area contributed by atoms with Crippen LogP contribution in [-0.4, -0.2) is 47.8 Å². The molecule has 3 atom stereocenters. The van der Waals surface area contributed by atoms with Crippen molar-refractivity contribution in [3.8, 4) is 0 Å². The summed E-state index contributed by atoms with van der Waals surface area (Å²) in [6.07, 6.45) is 6.32. The van der Waals surface area contributed by atoms with E-state index in [-0.39, 0.29) is 6.10 Å². The molecule has 2 fully saturated rings. The SMILES string of the molecule is CC1CN(CC(O)CC2CCCC2)C(C)CN1. The highest BCUT2D eigenvalue weighted by atomic mass is 16.3. The molecule has 100 valence electrons. The summed E-state index contributed by atoms with van der Waals surface area (Å²) in [6, 6.07) is 1.12. The van der Waals surface area contributed by atoms with Gasteiger partial charge in [-0.2, -0.15) is 0 Å². The lowest BCUT2D eigenvalue weighted by atomic mass is 9.99. The maximum atomic E-state index is 10.2. The lowest BCUT2D eigenvalue weighted by Crippen LogP contribution is -2.55. The Morgan fingerprint density at radius 3 is 2.71 bits per heavy atom.